The minimum Gasteiger partial charge on any atom is -0.310 e. The molecule has 0 spiro atoms. The molecule has 1 rings (SSSR count). The van der Waals surface area contributed by atoms with Crippen LogP contribution in [0.4, 0.5) is 0 Å². The van der Waals surface area contributed by atoms with Crippen LogP contribution in [0.5, 0.6) is 0 Å². The Balaban J connectivity index is 2.31. The van der Waals surface area contributed by atoms with E-state index in [1.54, 1.807) is 0 Å². The Morgan fingerprint density at radius 1 is 1.40 bits per heavy atom. The molecule has 0 aliphatic carbocycles. The van der Waals surface area contributed by atoms with Crippen molar-refractivity contribution in [3.05, 3.63) is 0 Å². The molecule has 1 aliphatic heterocycles. The van der Waals surface area contributed by atoms with Gasteiger partial charge in [0.2, 0.25) is 0 Å². The zero-order chi connectivity index (χ0) is 11.3. The normalized spacial score (nSPS) is 29.4. The van der Waals surface area contributed by atoms with Crippen molar-refractivity contribution in [1.29, 1.82) is 0 Å². The van der Waals surface area contributed by atoms with E-state index in [0.29, 0.717) is 5.54 Å². The number of hydrogen-bond acceptors (Lipinski definition) is 2. The molecule has 2 heteroatoms. The highest BCUT2D eigenvalue weighted by molar-refractivity contribution is 4.89. The van der Waals surface area contributed by atoms with Gasteiger partial charge in [0.15, 0.2) is 0 Å². The summed E-state index contributed by atoms with van der Waals surface area (Å²) in [6, 6.07) is 0. The van der Waals surface area contributed by atoms with E-state index in [9.17, 15) is 0 Å². The van der Waals surface area contributed by atoms with Crippen LogP contribution < -0.4 is 5.32 Å². The summed E-state index contributed by atoms with van der Waals surface area (Å²) in [5, 5.41) is 3.68. The molecule has 15 heavy (non-hydrogen) atoms. The SMILES string of the molecule is CCC(C)CN(C)CC1(C)CCCCN1. The van der Waals surface area contributed by atoms with Gasteiger partial charge in [0.1, 0.15) is 0 Å². The van der Waals surface area contributed by atoms with E-state index in [0.717, 1.165) is 5.92 Å². The van der Waals surface area contributed by atoms with Gasteiger partial charge < -0.3 is 10.2 Å². The maximum Gasteiger partial charge on any atom is 0.0280 e. The van der Waals surface area contributed by atoms with Crippen molar-refractivity contribution >= 4 is 0 Å². The van der Waals surface area contributed by atoms with E-state index < -0.39 is 0 Å². The van der Waals surface area contributed by atoms with Crippen LogP contribution >= 0.6 is 0 Å². The minimum absolute atomic E-state index is 0.362. The fraction of sp³-hybridized carbons (Fsp3) is 1.00. The molecule has 0 bridgehead atoms. The number of nitrogens with zero attached hydrogens (tertiary/aromatic N) is 1. The lowest BCUT2D eigenvalue weighted by atomic mass is 9.90. The summed E-state index contributed by atoms with van der Waals surface area (Å²) in [5.74, 6) is 0.821. The maximum atomic E-state index is 3.68. The van der Waals surface area contributed by atoms with E-state index >= 15 is 0 Å². The summed E-state index contributed by atoms with van der Waals surface area (Å²) in [7, 11) is 2.26. The van der Waals surface area contributed by atoms with Crippen molar-refractivity contribution in [3.63, 3.8) is 0 Å². The summed E-state index contributed by atoms with van der Waals surface area (Å²) in [5.41, 5.74) is 0.362. The minimum atomic E-state index is 0.362. The average Bonchev–Trinajstić information content (AvgIpc) is 2.17. The summed E-state index contributed by atoms with van der Waals surface area (Å²) in [4.78, 5) is 2.49. The molecule has 2 atom stereocenters. The highest BCUT2D eigenvalue weighted by Crippen LogP contribution is 2.20. The zero-order valence-corrected chi connectivity index (χ0v) is 11.0. The molecular formula is C13H28N2. The molecular weight excluding hydrogens is 184 g/mol. The standard InChI is InChI=1S/C13H28N2/c1-5-12(2)10-15(4)11-13(3)8-6-7-9-14-13/h12,14H,5-11H2,1-4H3. The van der Waals surface area contributed by atoms with Gasteiger partial charge in [-0.25, -0.2) is 0 Å². The third-order valence-corrected chi connectivity index (χ3v) is 3.65. The maximum absolute atomic E-state index is 3.68. The molecule has 0 aromatic rings. The monoisotopic (exact) mass is 212 g/mol. The fourth-order valence-corrected chi connectivity index (χ4v) is 2.58. The Morgan fingerprint density at radius 2 is 2.13 bits per heavy atom. The lowest BCUT2D eigenvalue weighted by Gasteiger charge is -2.38. The van der Waals surface area contributed by atoms with Crippen LogP contribution in [0, 0.1) is 5.92 Å². The van der Waals surface area contributed by atoms with Gasteiger partial charge in [-0.05, 0) is 39.3 Å². The third kappa shape index (κ3) is 4.52. The zero-order valence-electron chi connectivity index (χ0n) is 11.0. The van der Waals surface area contributed by atoms with Gasteiger partial charge >= 0.3 is 0 Å². The van der Waals surface area contributed by atoms with E-state index in [4.69, 9.17) is 0 Å². The molecule has 1 N–H and O–H groups in total. The van der Waals surface area contributed by atoms with Gasteiger partial charge in [-0.3, -0.25) is 0 Å². The average molecular weight is 212 g/mol. The Morgan fingerprint density at radius 3 is 2.67 bits per heavy atom. The number of piperidine rings is 1. The van der Waals surface area contributed by atoms with E-state index in [1.165, 1.54) is 45.3 Å². The second-order valence-electron chi connectivity index (χ2n) is 5.65. The number of rotatable bonds is 5. The molecule has 1 heterocycles. The molecule has 1 saturated heterocycles. The number of likely N-dealkylation sites (N-methyl/N-ethyl adjacent to an activating group) is 1. The van der Waals surface area contributed by atoms with Crippen molar-refractivity contribution < 1.29 is 0 Å². The van der Waals surface area contributed by atoms with E-state index in [2.05, 4.69) is 38.0 Å². The fourth-order valence-electron chi connectivity index (χ4n) is 2.58. The quantitative estimate of drug-likeness (QED) is 0.753. The predicted octanol–water partition coefficient (Wildman–Crippen LogP) is 2.50. The first-order valence-electron chi connectivity index (χ1n) is 6.49. The molecule has 0 aromatic carbocycles. The van der Waals surface area contributed by atoms with Gasteiger partial charge in [0.05, 0.1) is 0 Å². The molecule has 0 amide bonds. The lowest BCUT2D eigenvalue weighted by Crippen LogP contribution is -2.53. The van der Waals surface area contributed by atoms with Crippen molar-refractivity contribution in [2.45, 2.75) is 52.0 Å². The van der Waals surface area contributed by atoms with Gasteiger partial charge in [-0.15, -0.1) is 0 Å². The molecule has 0 aromatic heterocycles. The van der Waals surface area contributed by atoms with Crippen molar-refractivity contribution in [2.24, 2.45) is 5.92 Å². The first kappa shape index (κ1) is 13.0. The first-order chi connectivity index (χ1) is 7.06. The summed E-state index contributed by atoms with van der Waals surface area (Å²) >= 11 is 0. The van der Waals surface area contributed by atoms with Crippen LogP contribution in [-0.4, -0.2) is 37.1 Å². The Bertz CT molecular complexity index is 173. The Kier molecular flexibility index (Phi) is 5.07. The molecule has 1 fully saturated rings. The van der Waals surface area contributed by atoms with Crippen LogP contribution in [0.25, 0.3) is 0 Å². The molecule has 2 unspecified atom stereocenters. The van der Waals surface area contributed by atoms with E-state index in [-0.39, 0.29) is 0 Å². The van der Waals surface area contributed by atoms with Crippen LogP contribution in [0.3, 0.4) is 0 Å². The number of nitrogens with one attached hydrogen (secondary N) is 1. The molecule has 90 valence electrons. The van der Waals surface area contributed by atoms with Crippen molar-refractivity contribution in [1.82, 2.24) is 10.2 Å². The Hall–Kier alpha value is -0.0800. The van der Waals surface area contributed by atoms with Crippen LogP contribution in [0.2, 0.25) is 0 Å². The molecule has 2 nitrogen and oxygen atoms in total. The van der Waals surface area contributed by atoms with Crippen LogP contribution in [0.15, 0.2) is 0 Å². The highest BCUT2D eigenvalue weighted by Gasteiger charge is 2.27. The van der Waals surface area contributed by atoms with Gasteiger partial charge in [0, 0.05) is 18.6 Å². The van der Waals surface area contributed by atoms with Gasteiger partial charge in [0.25, 0.3) is 0 Å². The van der Waals surface area contributed by atoms with Gasteiger partial charge in [-0.1, -0.05) is 26.7 Å². The second-order valence-corrected chi connectivity index (χ2v) is 5.65. The third-order valence-electron chi connectivity index (χ3n) is 3.65. The smallest absolute Gasteiger partial charge is 0.0280 e. The first-order valence-corrected chi connectivity index (χ1v) is 6.49. The second kappa shape index (κ2) is 5.86. The summed E-state index contributed by atoms with van der Waals surface area (Å²) in [6.07, 6.45) is 5.36. The molecule has 1 aliphatic rings. The largest absolute Gasteiger partial charge is 0.310 e. The molecule has 0 saturated carbocycles. The Labute approximate surface area is 95.4 Å². The van der Waals surface area contributed by atoms with Crippen molar-refractivity contribution in [3.8, 4) is 0 Å². The number of hydrogen-bond donors (Lipinski definition) is 1. The van der Waals surface area contributed by atoms with E-state index in [1.807, 2.05) is 0 Å². The lowest BCUT2D eigenvalue weighted by molar-refractivity contribution is 0.172. The van der Waals surface area contributed by atoms with Crippen LogP contribution in [0.1, 0.15) is 46.5 Å². The van der Waals surface area contributed by atoms with Crippen molar-refractivity contribution in [2.75, 3.05) is 26.7 Å². The topological polar surface area (TPSA) is 15.3 Å². The van der Waals surface area contributed by atoms with Crippen LogP contribution in [-0.2, 0) is 0 Å². The molecule has 0 radical (unpaired) electrons. The highest BCUT2D eigenvalue weighted by atomic mass is 15.1. The summed E-state index contributed by atoms with van der Waals surface area (Å²) < 4.78 is 0. The van der Waals surface area contributed by atoms with Gasteiger partial charge in [-0.2, -0.15) is 0 Å². The summed E-state index contributed by atoms with van der Waals surface area (Å²) in [6.45, 7) is 10.6. The predicted molar refractivity (Wildman–Crippen MR) is 67.2 cm³/mol.